The highest BCUT2D eigenvalue weighted by molar-refractivity contribution is 7.99. The van der Waals surface area contributed by atoms with Crippen LogP contribution in [0.25, 0.3) is 10.9 Å². The monoisotopic (exact) mass is 365 g/mol. The van der Waals surface area contributed by atoms with E-state index in [9.17, 15) is 4.79 Å². The number of pyridine rings is 1. The van der Waals surface area contributed by atoms with Crippen LogP contribution in [0.4, 0.5) is 0 Å². The largest absolute Gasteiger partial charge is 0.353 e. The van der Waals surface area contributed by atoms with E-state index in [-0.39, 0.29) is 11.9 Å². The Morgan fingerprint density at radius 1 is 1.04 bits per heavy atom. The normalized spacial score (nSPS) is 12.3. The molecule has 0 saturated carbocycles. The van der Waals surface area contributed by atoms with Gasteiger partial charge in [-0.3, -0.25) is 4.79 Å². The maximum atomic E-state index is 12.3. The van der Waals surface area contributed by atoms with Crippen molar-refractivity contribution in [2.45, 2.75) is 11.1 Å². The third-order valence-corrected chi connectivity index (χ3v) is 5.15. The number of nitrogens with one attached hydrogen (secondary N) is 1. The second-order valence-electron chi connectivity index (χ2n) is 6.33. The molecule has 1 atom stereocenters. The van der Waals surface area contributed by atoms with Gasteiger partial charge < -0.3 is 10.2 Å². The Labute approximate surface area is 158 Å². The van der Waals surface area contributed by atoms with E-state index in [0.29, 0.717) is 12.3 Å². The number of hydrogen-bond donors (Lipinski definition) is 1. The SMILES string of the molecule is CN(C)[C@H](CNC(=O)CSc1ccc2ccccc2n1)c1ccccc1. The number of likely N-dealkylation sites (N-methyl/N-ethyl adjacent to an activating group) is 1. The van der Waals surface area contributed by atoms with Crippen LogP contribution in [0.3, 0.4) is 0 Å². The highest BCUT2D eigenvalue weighted by Gasteiger charge is 2.15. The predicted molar refractivity (Wildman–Crippen MR) is 108 cm³/mol. The lowest BCUT2D eigenvalue weighted by molar-refractivity contribution is -0.118. The molecule has 3 rings (SSSR count). The standard InChI is InChI=1S/C21H23N3OS/c1-24(2)19(17-9-4-3-5-10-17)14-22-20(25)15-26-21-13-12-16-8-6-7-11-18(16)23-21/h3-13,19H,14-15H2,1-2H3,(H,22,25)/t19-/m1/s1. The summed E-state index contributed by atoms with van der Waals surface area (Å²) in [5, 5.41) is 5.02. The summed E-state index contributed by atoms with van der Waals surface area (Å²) in [6.45, 7) is 0.585. The molecular weight excluding hydrogens is 342 g/mol. The molecule has 26 heavy (non-hydrogen) atoms. The summed E-state index contributed by atoms with van der Waals surface area (Å²) >= 11 is 1.46. The van der Waals surface area contributed by atoms with Gasteiger partial charge in [-0.1, -0.05) is 66.4 Å². The third kappa shape index (κ3) is 4.84. The van der Waals surface area contributed by atoms with Gasteiger partial charge in [-0.2, -0.15) is 0 Å². The van der Waals surface area contributed by atoms with Crippen molar-refractivity contribution in [1.29, 1.82) is 0 Å². The Kier molecular flexibility index (Phi) is 6.26. The summed E-state index contributed by atoms with van der Waals surface area (Å²) in [6.07, 6.45) is 0. The summed E-state index contributed by atoms with van der Waals surface area (Å²) in [6, 6.07) is 22.4. The zero-order valence-electron chi connectivity index (χ0n) is 15.1. The van der Waals surface area contributed by atoms with E-state index in [1.54, 1.807) is 0 Å². The fourth-order valence-corrected chi connectivity index (χ4v) is 3.51. The van der Waals surface area contributed by atoms with Crippen molar-refractivity contribution in [2.75, 3.05) is 26.4 Å². The van der Waals surface area contributed by atoms with Crippen LogP contribution in [0.5, 0.6) is 0 Å². The Morgan fingerprint density at radius 2 is 1.77 bits per heavy atom. The molecule has 0 bridgehead atoms. The lowest BCUT2D eigenvalue weighted by atomic mass is 10.1. The lowest BCUT2D eigenvalue weighted by Gasteiger charge is -2.25. The number of thioether (sulfide) groups is 1. The smallest absolute Gasteiger partial charge is 0.230 e. The fraction of sp³-hybridized carbons (Fsp3) is 0.238. The molecule has 0 spiro atoms. The Balaban J connectivity index is 1.54. The minimum Gasteiger partial charge on any atom is -0.353 e. The average molecular weight is 366 g/mol. The molecule has 0 aliphatic heterocycles. The van der Waals surface area contributed by atoms with Gasteiger partial charge in [0.25, 0.3) is 0 Å². The quantitative estimate of drug-likeness (QED) is 0.648. The molecule has 1 amide bonds. The number of aromatic nitrogens is 1. The minimum absolute atomic E-state index is 0.0211. The van der Waals surface area contributed by atoms with Crippen molar-refractivity contribution in [1.82, 2.24) is 15.2 Å². The van der Waals surface area contributed by atoms with Gasteiger partial charge in [0.1, 0.15) is 0 Å². The topological polar surface area (TPSA) is 45.2 Å². The second-order valence-corrected chi connectivity index (χ2v) is 7.32. The predicted octanol–water partition coefficient (Wildman–Crippen LogP) is 3.75. The van der Waals surface area contributed by atoms with Crippen LogP contribution >= 0.6 is 11.8 Å². The number of carbonyl (C=O) groups excluding carboxylic acids is 1. The van der Waals surface area contributed by atoms with Crippen LogP contribution in [-0.2, 0) is 4.79 Å². The molecule has 3 aromatic rings. The summed E-state index contributed by atoms with van der Waals surface area (Å²) < 4.78 is 0. The third-order valence-electron chi connectivity index (χ3n) is 4.22. The molecule has 0 aliphatic rings. The van der Waals surface area contributed by atoms with Crippen molar-refractivity contribution >= 4 is 28.6 Å². The molecule has 1 heterocycles. The second kappa shape index (κ2) is 8.83. The van der Waals surface area contributed by atoms with Crippen molar-refractivity contribution in [3.05, 3.63) is 72.3 Å². The van der Waals surface area contributed by atoms with E-state index >= 15 is 0 Å². The van der Waals surface area contributed by atoms with E-state index in [1.165, 1.54) is 17.3 Å². The van der Waals surface area contributed by atoms with Crippen molar-refractivity contribution < 1.29 is 4.79 Å². The van der Waals surface area contributed by atoms with E-state index in [1.807, 2.05) is 68.7 Å². The summed E-state index contributed by atoms with van der Waals surface area (Å²) in [5.74, 6) is 0.382. The van der Waals surface area contributed by atoms with Gasteiger partial charge in [0.05, 0.1) is 22.3 Å². The molecule has 0 saturated heterocycles. The summed E-state index contributed by atoms with van der Waals surface area (Å²) in [5.41, 5.74) is 2.15. The van der Waals surface area contributed by atoms with Gasteiger partial charge in [-0.25, -0.2) is 4.98 Å². The molecule has 134 valence electrons. The summed E-state index contributed by atoms with van der Waals surface area (Å²) in [4.78, 5) is 19.0. The zero-order valence-corrected chi connectivity index (χ0v) is 15.9. The molecule has 2 aromatic carbocycles. The molecular formula is C21H23N3OS. The van der Waals surface area contributed by atoms with Crippen LogP contribution in [-0.4, -0.2) is 42.2 Å². The van der Waals surface area contributed by atoms with Crippen LogP contribution in [0.2, 0.25) is 0 Å². The van der Waals surface area contributed by atoms with Gasteiger partial charge in [0.15, 0.2) is 0 Å². The Hall–Kier alpha value is -2.37. The van der Waals surface area contributed by atoms with E-state index < -0.39 is 0 Å². The minimum atomic E-state index is 0.0211. The van der Waals surface area contributed by atoms with E-state index in [2.05, 4.69) is 27.3 Å². The molecule has 1 N–H and O–H groups in total. The first-order valence-electron chi connectivity index (χ1n) is 8.60. The summed E-state index contributed by atoms with van der Waals surface area (Å²) in [7, 11) is 4.05. The highest BCUT2D eigenvalue weighted by atomic mass is 32.2. The number of para-hydroxylation sites is 1. The lowest BCUT2D eigenvalue weighted by Crippen LogP contribution is -2.35. The zero-order chi connectivity index (χ0) is 18.4. The molecule has 4 nitrogen and oxygen atoms in total. The molecule has 5 heteroatoms. The fourth-order valence-electron chi connectivity index (χ4n) is 2.80. The van der Waals surface area contributed by atoms with Crippen LogP contribution in [0, 0.1) is 0 Å². The van der Waals surface area contributed by atoms with Crippen LogP contribution in [0.15, 0.2) is 71.8 Å². The first-order chi connectivity index (χ1) is 12.6. The number of nitrogens with zero attached hydrogens (tertiary/aromatic N) is 2. The molecule has 1 aromatic heterocycles. The first kappa shape index (κ1) is 18.4. The maximum absolute atomic E-state index is 12.3. The van der Waals surface area contributed by atoms with Crippen LogP contribution in [0.1, 0.15) is 11.6 Å². The highest BCUT2D eigenvalue weighted by Crippen LogP contribution is 2.20. The van der Waals surface area contributed by atoms with Crippen molar-refractivity contribution in [3.63, 3.8) is 0 Å². The average Bonchev–Trinajstić information content (AvgIpc) is 2.67. The van der Waals surface area contributed by atoms with Gasteiger partial charge in [0, 0.05) is 11.9 Å². The molecule has 0 aliphatic carbocycles. The molecule has 0 unspecified atom stereocenters. The maximum Gasteiger partial charge on any atom is 0.230 e. The van der Waals surface area contributed by atoms with Gasteiger partial charge in [-0.15, -0.1) is 0 Å². The number of amides is 1. The van der Waals surface area contributed by atoms with Crippen molar-refractivity contribution in [2.24, 2.45) is 0 Å². The van der Waals surface area contributed by atoms with Gasteiger partial charge in [-0.05, 0) is 31.8 Å². The van der Waals surface area contributed by atoms with Crippen LogP contribution < -0.4 is 5.32 Å². The van der Waals surface area contributed by atoms with E-state index in [4.69, 9.17) is 0 Å². The Morgan fingerprint density at radius 3 is 2.54 bits per heavy atom. The van der Waals surface area contributed by atoms with E-state index in [0.717, 1.165) is 15.9 Å². The van der Waals surface area contributed by atoms with Gasteiger partial charge >= 0.3 is 0 Å². The Bertz CT molecular complexity index is 867. The number of carbonyl (C=O) groups is 1. The number of fused-ring (bicyclic) bond motifs is 1. The van der Waals surface area contributed by atoms with Gasteiger partial charge in [0.2, 0.25) is 5.91 Å². The molecule has 0 radical (unpaired) electrons. The first-order valence-corrected chi connectivity index (χ1v) is 9.59. The molecule has 0 fully saturated rings. The number of benzene rings is 2. The number of hydrogen-bond acceptors (Lipinski definition) is 4. The number of rotatable bonds is 7. The van der Waals surface area contributed by atoms with Crippen molar-refractivity contribution in [3.8, 4) is 0 Å².